The summed E-state index contributed by atoms with van der Waals surface area (Å²) in [7, 11) is 0. The van der Waals surface area contributed by atoms with E-state index in [1.807, 2.05) is 16.9 Å². The minimum absolute atomic E-state index is 0.281. The zero-order valence-corrected chi connectivity index (χ0v) is 13.2. The van der Waals surface area contributed by atoms with Crippen molar-refractivity contribution in [1.82, 2.24) is 24.9 Å². The van der Waals surface area contributed by atoms with Crippen molar-refractivity contribution in [3.05, 3.63) is 54.4 Å². The van der Waals surface area contributed by atoms with E-state index in [4.69, 9.17) is 4.42 Å². The van der Waals surface area contributed by atoms with Crippen molar-refractivity contribution in [3.63, 3.8) is 0 Å². The minimum atomic E-state index is -0.281. The van der Waals surface area contributed by atoms with Gasteiger partial charge >= 0.3 is 0 Å². The van der Waals surface area contributed by atoms with Crippen LogP contribution in [-0.2, 0) is 13.1 Å². The van der Waals surface area contributed by atoms with Crippen molar-refractivity contribution in [3.8, 4) is 11.5 Å². The highest BCUT2D eigenvalue weighted by molar-refractivity contribution is 5.51. The maximum atomic E-state index is 13.0. The zero-order valence-electron chi connectivity index (χ0n) is 13.2. The number of likely N-dealkylation sites (tertiary alicyclic amines) is 1. The molecule has 0 unspecified atom stereocenters. The van der Waals surface area contributed by atoms with Gasteiger partial charge in [0.2, 0.25) is 11.8 Å². The molecule has 2 aromatic heterocycles. The lowest BCUT2D eigenvalue weighted by molar-refractivity contribution is 0.200. The van der Waals surface area contributed by atoms with Gasteiger partial charge in [0.25, 0.3) is 0 Å². The molecule has 0 radical (unpaired) electrons. The molecule has 0 saturated carbocycles. The molecule has 1 aliphatic heterocycles. The maximum Gasteiger partial charge on any atom is 0.247 e. The fourth-order valence-electron chi connectivity index (χ4n) is 3.13. The van der Waals surface area contributed by atoms with Gasteiger partial charge in [-0.2, -0.15) is 5.10 Å². The van der Waals surface area contributed by atoms with Crippen molar-refractivity contribution in [1.29, 1.82) is 0 Å². The summed E-state index contributed by atoms with van der Waals surface area (Å²) in [5.74, 6) is 0.728. The fraction of sp³-hybridized carbons (Fsp3) is 0.353. The van der Waals surface area contributed by atoms with E-state index in [0.29, 0.717) is 24.4 Å². The molecular weight excluding hydrogens is 309 g/mol. The van der Waals surface area contributed by atoms with Gasteiger partial charge in [-0.15, -0.1) is 10.2 Å². The Morgan fingerprint density at radius 2 is 2.08 bits per heavy atom. The first-order valence-corrected chi connectivity index (χ1v) is 8.08. The van der Waals surface area contributed by atoms with Crippen molar-refractivity contribution in [2.45, 2.75) is 32.0 Å². The molecule has 3 heterocycles. The van der Waals surface area contributed by atoms with Crippen LogP contribution in [0.15, 0.2) is 47.1 Å². The molecule has 0 spiro atoms. The third-order valence-electron chi connectivity index (χ3n) is 4.35. The Labute approximate surface area is 138 Å². The summed E-state index contributed by atoms with van der Waals surface area (Å²) in [6, 6.07) is 8.42. The molecular formula is C17H18FN5O. The molecule has 6 nitrogen and oxygen atoms in total. The highest BCUT2D eigenvalue weighted by Gasteiger charge is 2.26. The van der Waals surface area contributed by atoms with E-state index in [-0.39, 0.29) is 5.82 Å². The molecule has 0 aliphatic carbocycles. The Balaban J connectivity index is 1.44. The van der Waals surface area contributed by atoms with Crippen LogP contribution in [0.25, 0.3) is 11.5 Å². The Hall–Kier alpha value is -2.54. The van der Waals surface area contributed by atoms with Crippen LogP contribution in [0.4, 0.5) is 4.39 Å². The largest absolute Gasteiger partial charge is 0.419 e. The van der Waals surface area contributed by atoms with Crippen molar-refractivity contribution in [2.24, 2.45) is 0 Å². The monoisotopic (exact) mass is 327 g/mol. The van der Waals surface area contributed by atoms with Gasteiger partial charge in [0.15, 0.2) is 0 Å². The van der Waals surface area contributed by atoms with Crippen molar-refractivity contribution < 1.29 is 8.81 Å². The lowest BCUT2D eigenvalue weighted by Gasteiger charge is -2.22. The fourth-order valence-corrected chi connectivity index (χ4v) is 3.13. The number of hydrogen-bond donors (Lipinski definition) is 0. The molecule has 1 aromatic carbocycles. The summed E-state index contributed by atoms with van der Waals surface area (Å²) in [5.41, 5.74) is 0.727. The third-order valence-corrected chi connectivity index (χ3v) is 4.35. The van der Waals surface area contributed by atoms with Gasteiger partial charge in [0.1, 0.15) is 5.82 Å². The Bertz CT molecular complexity index is 784. The van der Waals surface area contributed by atoms with Crippen LogP contribution in [0.2, 0.25) is 0 Å². The normalized spacial score (nSPS) is 18.3. The SMILES string of the molecule is Fc1ccc(-c2nnc(CN3CCC[C@@H]3Cn3cccn3)o2)cc1. The smallest absolute Gasteiger partial charge is 0.247 e. The van der Waals surface area contributed by atoms with Gasteiger partial charge in [-0.25, -0.2) is 4.39 Å². The average Bonchev–Trinajstić information content (AvgIpc) is 3.32. The molecule has 0 N–H and O–H groups in total. The van der Waals surface area contributed by atoms with Gasteiger partial charge < -0.3 is 4.42 Å². The summed E-state index contributed by atoms with van der Waals surface area (Å²) in [6.07, 6.45) is 6.08. The van der Waals surface area contributed by atoms with Crippen LogP contribution in [0.5, 0.6) is 0 Å². The molecule has 4 rings (SSSR count). The van der Waals surface area contributed by atoms with Gasteiger partial charge in [-0.05, 0) is 49.7 Å². The highest BCUT2D eigenvalue weighted by atomic mass is 19.1. The maximum absolute atomic E-state index is 13.0. The van der Waals surface area contributed by atoms with E-state index < -0.39 is 0 Å². The van der Waals surface area contributed by atoms with Crippen molar-refractivity contribution in [2.75, 3.05) is 6.54 Å². The molecule has 1 atom stereocenters. The number of hydrogen-bond acceptors (Lipinski definition) is 5. The first-order valence-electron chi connectivity index (χ1n) is 8.08. The number of benzene rings is 1. The molecule has 24 heavy (non-hydrogen) atoms. The van der Waals surface area contributed by atoms with E-state index in [9.17, 15) is 4.39 Å². The molecule has 1 aliphatic rings. The molecule has 0 bridgehead atoms. The Morgan fingerprint density at radius 3 is 2.88 bits per heavy atom. The predicted octanol–water partition coefficient (Wildman–Crippen LogP) is 2.74. The Morgan fingerprint density at radius 1 is 1.21 bits per heavy atom. The summed E-state index contributed by atoms with van der Waals surface area (Å²) >= 11 is 0. The van der Waals surface area contributed by atoms with E-state index in [2.05, 4.69) is 20.2 Å². The molecule has 1 saturated heterocycles. The van der Waals surface area contributed by atoms with Crippen LogP contribution in [0.1, 0.15) is 18.7 Å². The predicted molar refractivity (Wildman–Crippen MR) is 85.4 cm³/mol. The second-order valence-electron chi connectivity index (χ2n) is 6.00. The lowest BCUT2D eigenvalue weighted by Crippen LogP contribution is -2.32. The van der Waals surface area contributed by atoms with E-state index in [1.165, 1.54) is 12.1 Å². The van der Waals surface area contributed by atoms with Gasteiger partial charge in [-0.1, -0.05) is 0 Å². The van der Waals surface area contributed by atoms with E-state index in [0.717, 1.165) is 31.5 Å². The first kappa shape index (κ1) is 15.0. The standard InChI is InChI=1S/C17H18FN5O/c18-14-6-4-13(5-7-14)17-21-20-16(24-17)12-22-9-1-3-15(22)11-23-10-2-8-19-23/h2,4-8,10,15H,1,3,9,11-12H2/t15-/m1/s1. The molecule has 7 heteroatoms. The van der Waals surface area contributed by atoms with Crippen LogP contribution in [-0.4, -0.2) is 37.5 Å². The number of nitrogens with zero attached hydrogens (tertiary/aromatic N) is 5. The minimum Gasteiger partial charge on any atom is -0.419 e. The van der Waals surface area contributed by atoms with Crippen molar-refractivity contribution >= 4 is 0 Å². The second kappa shape index (κ2) is 6.52. The first-order chi connectivity index (χ1) is 11.8. The van der Waals surface area contributed by atoms with Gasteiger partial charge in [0, 0.05) is 24.0 Å². The third kappa shape index (κ3) is 3.21. The van der Waals surface area contributed by atoms with Crippen LogP contribution >= 0.6 is 0 Å². The number of aromatic nitrogens is 4. The topological polar surface area (TPSA) is 60.0 Å². The van der Waals surface area contributed by atoms with E-state index >= 15 is 0 Å². The number of halogens is 1. The van der Waals surface area contributed by atoms with Crippen LogP contribution in [0, 0.1) is 5.82 Å². The number of rotatable bonds is 5. The highest BCUT2D eigenvalue weighted by Crippen LogP contribution is 2.23. The summed E-state index contributed by atoms with van der Waals surface area (Å²) in [6.45, 7) is 2.51. The Kier molecular flexibility index (Phi) is 4.08. The quantitative estimate of drug-likeness (QED) is 0.721. The second-order valence-corrected chi connectivity index (χ2v) is 6.00. The summed E-state index contributed by atoms with van der Waals surface area (Å²) in [4.78, 5) is 2.35. The van der Waals surface area contributed by atoms with Gasteiger partial charge in [-0.3, -0.25) is 9.58 Å². The zero-order chi connectivity index (χ0) is 16.4. The molecule has 124 valence electrons. The van der Waals surface area contributed by atoms with Crippen LogP contribution in [0.3, 0.4) is 0 Å². The summed E-state index contributed by atoms with van der Waals surface area (Å²) in [5, 5.41) is 12.5. The lowest BCUT2D eigenvalue weighted by atomic mass is 10.2. The van der Waals surface area contributed by atoms with Crippen LogP contribution < -0.4 is 0 Å². The van der Waals surface area contributed by atoms with E-state index in [1.54, 1.807) is 18.3 Å². The summed E-state index contributed by atoms with van der Waals surface area (Å²) < 4.78 is 20.7. The molecule has 1 fully saturated rings. The average molecular weight is 327 g/mol. The van der Waals surface area contributed by atoms with Gasteiger partial charge in [0.05, 0.1) is 13.1 Å². The molecule has 3 aromatic rings. The molecule has 0 amide bonds.